The van der Waals surface area contributed by atoms with Crippen LogP contribution in [0.4, 0.5) is 18.9 Å². The average molecular weight is 433 g/mol. The van der Waals surface area contributed by atoms with E-state index >= 15 is 0 Å². The topological polar surface area (TPSA) is 42.5 Å². The molecule has 0 aliphatic rings. The molecule has 0 aliphatic heterocycles. The Morgan fingerprint density at radius 2 is 1.79 bits per heavy atom. The SMILES string of the molecule is CCC(NC(=S)Nc1ccc(Cl)c(C(F)(F)F)c1)c1ccc(OC)c(OC)c1. The van der Waals surface area contributed by atoms with Crippen molar-refractivity contribution in [2.75, 3.05) is 19.5 Å². The van der Waals surface area contributed by atoms with Gasteiger partial charge in [-0.1, -0.05) is 24.6 Å². The van der Waals surface area contributed by atoms with Crippen LogP contribution in [0.2, 0.25) is 5.02 Å². The second-order valence-electron chi connectivity index (χ2n) is 5.87. The third kappa shape index (κ3) is 5.42. The van der Waals surface area contributed by atoms with Crippen LogP contribution in [-0.2, 0) is 6.18 Å². The van der Waals surface area contributed by atoms with E-state index in [4.69, 9.17) is 33.3 Å². The summed E-state index contributed by atoms with van der Waals surface area (Å²) >= 11 is 10.9. The van der Waals surface area contributed by atoms with Crippen LogP contribution in [0, 0.1) is 0 Å². The van der Waals surface area contributed by atoms with Crippen LogP contribution in [0.15, 0.2) is 36.4 Å². The lowest BCUT2D eigenvalue weighted by atomic mass is 10.0. The van der Waals surface area contributed by atoms with E-state index in [0.717, 1.165) is 11.6 Å². The van der Waals surface area contributed by atoms with Crippen molar-refractivity contribution >= 4 is 34.6 Å². The van der Waals surface area contributed by atoms with Gasteiger partial charge in [0.2, 0.25) is 0 Å². The molecule has 4 nitrogen and oxygen atoms in total. The van der Waals surface area contributed by atoms with Crippen molar-refractivity contribution in [1.29, 1.82) is 0 Å². The Hall–Kier alpha value is -2.19. The molecule has 0 saturated carbocycles. The Morgan fingerprint density at radius 3 is 2.36 bits per heavy atom. The van der Waals surface area contributed by atoms with E-state index in [1.54, 1.807) is 20.3 Å². The highest BCUT2D eigenvalue weighted by Crippen LogP contribution is 2.36. The number of halogens is 4. The molecule has 0 saturated heterocycles. The highest BCUT2D eigenvalue weighted by molar-refractivity contribution is 7.80. The molecule has 1 atom stereocenters. The largest absolute Gasteiger partial charge is 0.493 e. The van der Waals surface area contributed by atoms with Gasteiger partial charge in [0.1, 0.15) is 0 Å². The molecule has 152 valence electrons. The predicted octanol–water partition coefficient (Wildman–Crippen LogP) is 5.81. The minimum atomic E-state index is -4.55. The minimum Gasteiger partial charge on any atom is -0.493 e. The molecular weight excluding hydrogens is 413 g/mol. The lowest BCUT2D eigenvalue weighted by Gasteiger charge is -2.21. The van der Waals surface area contributed by atoms with Crippen molar-refractivity contribution in [3.63, 3.8) is 0 Å². The quantitative estimate of drug-likeness (QED) is 0.563. The second-order valence-corrected chi connectivity index (χ2v) is 6.68. The Labute approximate surface area is 172 Å². The summed E-state index contributed by atoms with van der Waals surface area (Å²) in [6.07, 6.45) is -3.86. The maximum Gasteiger partial charge on any atom is 0.417 e. The predicted molar refractivity (Wildman–Crippen MR) is 108 cm³/mol. The van der Waals surface area contributed by atoms with Crippen LogP contribution in [0.5, 0.6) is 11.5 Å². The lowest BCUT2D eigenvalue weighted by Crippen LogP contribution is -2.32. The van der Waals surface area contributed by atoms with Crippen LogP contribution in [0.1, 0.15) is 30.5 Å². The molecule has 2 N–H and O–H groups in total. The molecule has 0 amide bonds. The fourth-order valence-corrected chi connectivity index (χ4v) is 3.12. The number of rotatable bonds is 6. The van der Waals surface area contributed by atoms with E-state index in [-0.39, 0.29) is 21.9 Å². The number of benzene rings is 2. The lowest BCUT2D eigenvalue weighted by molar-refractivity contribution is -0.137. The minimum absolute atomic E-state index is 0.172. The zero-order valence-corrected chi connectivity index (χ0v) is 17.1. The maximum absolute atomic E-state index is 13.0. The van der Waals surface area contributed by atoms with Crippen LogP contribution in [-0.4, -0.2) is 19.3 Å². The first-order valence-corrected chi connectivity index (χ1v) is 9.14. The fraction of sp³-hybridized carbons (Fsp3) is 0.316. The molecule has 2 aromatic rings. The summed E-state index contributed by atoms with van der Waals surface area (Å²) in [6, 6.07) is 8.85. The molecule has 0 spiro atoms. The number of ether oxygens (including phenoxy) is 2. The first-order chi connectivity index (χ1) is 13.2. The van der Waals surface area contributed by atoms with Gasteiger partial charge >= 0.3 is 6.18 Å². The van der Waals surface area contributed by atoms with E-state index in [9.17, 15) is 13.2 Å². The summed E-state index contributed by atoms with van der Waals surface area (Å²) in [7, 11) is 3.09. The molecule has 1 unspecified atom stereocenters. The van der Waals surface area contributed by atoms with Gasteiger partial charge in [-0.15, -0.1) is 0 Å². The molecule has 0 heterocycles. The molecule has 2 aromatic carbocycles. The van der Waals surface area contributed by atoms with Gasteiger partial charge in [-0.2, -0.15) is 13.2 Å². The van der Waals surface area contributed by atoms with Crippen molar-refractivity contribution in [2.45, 2.75) is 25.6 Å². The van der Waals surface area contributed by atoms with Gasteiger partial charge in [0.25, 0.3) is 0 Å². The standard InChI is InChI=1S/C19H20ClF3N2O2S/c1-4-15(11-5-8-16(26-2)17(9-11)27-3)25-18(28)24-12-6-7-14(20)13(10-12)19(21,22)23/h5-10,15H,4H2,1-3H3,(H2,24,25,28). The number of methoxy groups -OCH3 is 2. The first kappa shape index (κ1) is 22.1. The fourth-order valence-electron chi connectivity index (χ4n) is 2.64. The Kier molecular flexibility index (Phi) is 7.37. The molecule has 9 heteroatoms. The number of alkyl halides is 3. The number of thiocarbonyl (C=S) groups is 1. The first-order valence-electron chi connectivity index (χ1n) is 8.35. The van der Waals surface area contributed by atoms with Crippen LogP contribution in [0.25, 0.3) is 0 Å². The van der Waals surface area contributed by atoms with E-state index in [1.165, 1.54) is 12.1 Å². The van der Waals surface area contributed by atoms with Gasteiger partial charge in [0.15, 0.2) is 16.6 Å². The Bertz CT molecular complexity index is 846. The summed E-state index contributed by atoms with van der Waals surface area (Å²) in [6.45, 7) is 1.96. The molecule has 0 bridgehead atoms. The molecule has 0 fully saturated rings. The van der Waals surface area contributed by atoms with Crippen LogP contribution in [0.3, 0.4) is 0 Å². The Balaban J connectivity index is 2.15. The van der Waals surface area contributed by atoms with Gasteiger partial charge in [-0.3, -0.25) is 0 Å². The van der Waals surface area contributed by atoms with Crippen LogP contribution < -0.4 is 20.1 Å². The Morgan fingerprint density at radius 1 is 1.11 bits per heavy atom. The van der Waals surface area contributed by atoms with Gasteiger partial charge in [0.05, 0.1) is 30.8 Å². The monoisotopic (exact) mass is 432 g/mol. The molecule has 0 aliphatic carbocycles. The summed E-state index contributed by atoms with van der Waals surface area (Å²) < 4.78 is 49.5. The third-order valence-corrected chi connectivity index (χ3v) is 4.60. The van der Waals surface area contributed by atoms with Gasteiger partial charge in [-0.25, -0.2) is 0 Å². The van der Waals surface area contributed by atoms with Crippen molar-refractivity contribution in [2.24, 2.45) is 0 Å². The third-order valence-electron chi connectivity index (χ3n) is 4.05. The second kappa shape index (κ2) is 9.34. The summed E-state index contributed by atoms with van der Waals surface area (Å²) in [5.74, 6) is 1.18. The van der Waals surface area contributed by atoms with Crippen molar-refractivity contribution in [1.82, 2.24) is 5.32 Å². The zero-order valence-electron chi connectivity index (χ0n) is 15.5. The number of anilines is 1. The van der Waals surface area contributed by atoms with E-state index in [0.29, 0.717) is 17.9 Å². The number of hydrogen-bond acceptors (Lipinski definition) is 3. The molecular formula is C19H20ClF3N2O2S. The van der Waals surface area contributed by atoms with Gasteiger partial charge < -0.3 is 20.1 Å². The summed E-state index contributed by atoms with van der Waals surface area (Å²) in [4.78, 5) is 0. The molecule has 0 radical (unpaired) electrons. The van der Waals surface area contributed by atoms with Gasteiger partial charge in [0, 0.05) is 5.69 Å². The van der Waals surface area contributed by atoms with Gasteiger partial charge in [-0.05, 0) is 54.5 Å². The number of nitrogens with one attached hydrogen (secondary N) is 2. The van der Waals surface area contributed by atoms with Crippen molar-refractivity contribution < 1.29 is 22.6 Å². The smallest absolute Gasteiger partial charge is 0.417 e. The molecule has 2 rings (SSSR count). The van der Waals surface area contributed by atoms with Crippen LogP contribution >= 0.6 is 23.8 Å². The van der Waals surface area contributed by atoms with E-state index < -0.39 is 11.7 Å². The average Bonchev–Trinajstić information content (AvgIpc) is 2.66. The zero-order chi connectivity index (χ0) is 20.9. The normalized spacial score (nSPS) is 12.2. The van der Waals surface area contributed by atoms with E-state index in [1.807, 2.05) is 19.1 Å². The molecule has 0 aromatic heterocycles. The maximum atomic E-state index is 13.0. The summed E-state index contributed by atoms with van der Waals surface area (Å²) in [5, 5.41) is 5.70. The highest BCUT2D eigenvalue weighted by atomic mass is 35.5. The number of hydrogen-bond donors (Lipinski definition) is 2. The highest BCUT2D eigenvalue weighted by Gasteiger charge is 2.33. The van der Waals surface area contributed by atoms with Crippen molar-refractivity contribution in [3.8, 4) is 11.5 Å². The van der Waals surface area contributed by atoms with Crippen molar-refractivity contribution in [3.05, 3.63) is 52.5 Å². The van der Waals surface area contributed by atoms with E-state index in [2.05, 4.69) is 10.6 Å². The summed E-state index contributed by atoms with van der Waals surface area (Å²) in [5.41, 5.74) is 0.168. The molecule has 28 heavy (non-hydrogen) atoms.